The number of nitriles is 1. The summed E-state index contributed by atoms with van der Waals surface area (Å²) in [6, 6.07) is 17.9. The topological polar surface area (TPSA) is 131 Å². The molecule has 4 amide bonds. The van der Waals surface area contributed by atoms with Crippen LogP contribution in [0.25, 0.3) is 0 Å². The number of anilines is 2. The SMILES string of the molecule is Cc1cccc(C)c1NC(=O)C(=O)N[C@@H](Cc1ccc(F)cc1)C(=O)N1C[C@]2(C[C@H]1C#N)C(=O)Nc1ccccc12. The standard InChI is InChI=1S/C31H28FN5O4/c1-18-6-5-7-19(2)26(18)36-28(39)27(38)34-25(14-20-10-12-21(32)13-11-20)29(40)37-17-31(15-22(37)16-33)23-8-3-4-9-24(23)35-30(31)41/h3-13,22,25H,14-15,17H2,1-2H3,(H,34,38)(H,35,41)(H,36,39)/t22-,25-,31-/m0/s1. The van der Waals surface area contributed by atoms with Gasteiger partial charge in [-0.05, 0) is 54.3 Å². The molecule has 3 N–H and O–H groups in total. The quantitative estimate of drug-likeness (QED) is 0.418. The second kappa shape index (κ2) is 10.8. The highest BCUT2D eigenvalue weighted by molar-refractivity contribution is 6.40. The maximum Gasteiger partial charge on any atom is 0.313 e. The molecule has 41 heavy (non-hydrogen) atoms. The molecule has 3 atom stereocenters. The van der Waals surface area contributed by atoms with Gasteiger partial charge in [-0.3, -0.25) is 19.2 Å². The first kappa shape index (κ1) is 27.5. The Kier molecular flexibility index (Phi) is 7.28. The van der Waals surface area contributed by atoms with E-state index >= 15 is 0 Å². The third-order valence-electron chi connectivity index (χ3n) is 7.80. The van der Waals surface area contributed by atoms with E-state index in [2.05, 4.69) is 22.0 Å². The molecule has 3 aromatic carbocycles. The molecule has 9 nitrogen and oxygen atoms in total. The van der Waals surface area contributed by atoms with E-state index < -0.39 is 41.0 Å². The van der Waals surface area contributed by atoms with Gasteiger partial charge in [-0.25, -0.2) is 4.39 Å². The van der Waals surface area contributed by atoms with Gasteiger partial charge in [0, 0.05) is 30.8 Å². The number of carbonyl (C=O) groups excluding carboxylic acids is 4. The van der Waals surface area contributed by atoms with Crippen LogP contribution in [0.5, 0.6) is 0 Å². The van der Waals surface area contributed by atoms with Gasteiger partial charge in [0.05, 0.1) is 11.5 Å². The van der Waals surface area contributed by atoms with Gasteiger partial charge in [-0.2, -0.15) is 5.26 Å². The first-order chi connectivity index (χ1) is 19.6. The minimum atomic E-state index is -1.26. The number of halogens is 1. The molecule has 2 aliphatic heterocycles. The molecule has 0 saturated carbocycles. The van der Waals surface area contributed by atoms with Crippen LogP contribution in [0, 0.1) is 31.0 Å². The minimum absolute atomic E-state index is 0.0635. The molecule has 0 bridgehead atoms. The molecular formula is C31H28FN5O4. The summed E-state index contributed by atoms with van der Waals surface area (Å²) in [5.41, 5.74) is 2.77. The van der Waals surface area contributed by atoms with Crippen LogP contribution in [-0.2, 0) is 31.0 Å². The molecule has 2 heterocycles. The Morgan fingerprint density at radius 3 is 2.41 bits per heavy atom. The molecule has 2 aliphatic rings. The summed E-state index contributed by atoms with van der Waals surface area (Å²) in [7, 11) is 0. The summed E-state index contributed by atoms with van der Waals surface area (Å²) in [6.45, 7) is 3.52. The molecule has 1 spiro atoms. The van der Waals surface area contributed by atoms with Crippen molar-refractivity contribution >= 4 is 35.0 Å². The van der Waals surface area contributed by atoms with Gasteiger partial charge in [0.25, 0.3) is 0 Å². The van der Waals surface area contributed by atoms with Crippen molar-refractivity contribution in [3.63, 3.8) is 0 Å². The number of aryl methyl sites for hydroxylation is 2. The zero-order chi connectivity index (χ0) is 29.3. The predicted octanol–water partition coefficient (Wildman–Crippen LogP) is 3.12. The fourth-order valence-electron chi connectivity index (χ4n) is 5.65. The van der Waals surface area contributed by atoms with E-state index in [9.17, 15) is 28.8 Å². The normalized spacial score (nSPS) is 19.7. The van der Waals surface area contributed by atoms with E-state index in [-0.39, 0.29) is 25.3 Å². The van der Waals surface area contributed by atoms with Gasteiger partial charge in [0.2, 0.25) is 11.8 Å². The molecule has 1 saturated heterocycles. The van der Waals surface area contributed by atoms with Crippen molar-refractivity contribution < 1.29 is 23.6 Å². The fourth-order valence-corrected chi connectivity index (χ4v) is 5.65. The van der Waals surface area contributed by atoms with Gasteiger partial charge >= 0.3 is 11.8 Å². The lowest BCUT2D eigenvalue weighted by Crippen LogP contribution is -2.53. The summed E-state index contributed by atoms with van der Waals surface area (Å²) >= 11 is 0. The van der Waals surface area contributed by atoms with Gasteiger partial charge < -0.3 is 20.9 Å². The van der Waals surface area contributed by atoms with Crippen molar-refractivity contribution in [2.24, 2.45) is 0 Å². The first-order valence-corrected chi connectivity index (χ1v) is 13.2. The molecule has 0 radical (unpaired) electrons. The average molecular weight is 554 g/mol. The summed E-state index contributed by atoms with van der Waals surface area (Å²) < 4.78 is 13.6. The number of amides is 4. The molecule has 5 rings (SSSR count). The van der Waals surface area contributed by atoms with Crippen LogP contribution in [0.3, 0.4) is 0 Å². The second-order valence-electron chi connectivity index (χ2n) is 10.5. The van der Waals surface area contributed by atoms with Crippen LogP contribution < -0.4 is 16.0 Å². The first-order valence-electron chi connectivity index (χ1n) is 13.2. The van der Waals surface area contributed by atoms with E-state index in [0.717, 1.165) is 11.1 Å². The Bertz CT molecular complexity index is 1580. The van der Waals surface area contributed by atoms with Crippen LogP contribution in [0.2, 0.25) is 0 Å². The van der Waals surface area contributed by atoms with Gasteiger partial charge in [0.1, 0.15) is 17.9 Å². The van der Waals surface area contributed by atoms with Crippen LogP contribution in [0.1, 0.15) is 28.7 Å². The molecular weight excluding hydrogens is 525 g/mol. The second-order valence-corrected chi connectivity index (χ2v) is 10.5. The zero-order valence-corrected chi connectivity index (χ0v) is 22.5. The average Bonchev–Trinajstić information content (AvgIpc) is 3.48. The highest BCUT2D eigenvalue weighted by Gasteiger charge is 2.56. The van der Waals surface area contributed by atoms with Crippen molar-refractivity contribution in [1.29, 1.82) is 5.26 Å². The number of likely N-dealkylation sites (tertiary alicyclic amines) is 1. The van der Waals surface area contributed by atoms with Crippen LogP contribution >= 0.6 is 0 Å². The van der Waals surface area contributed by atoms with E-state index in [1.807, 2.05) is 6.07 Å². The van der Waals surface area contributed by atoms with E-state index in [0.29, 0.717) is 22.5 Å². The van der Waals surface area contributed by atoms with Crippen molar-refractivity contribution in [3.05, 3.63) is 94.8 Å². The molecule has 3 aromatic rings. The predicted molar refractivity (Wildman–Crippen MR) is 149 cm³/mol. The van der Waals surface area contributed by atoms with Crippen molar-refractivity contribution in [3.8, 4) is 6.07 Å². The van der Waals surface area contributed by atoms with Crippen LogP contribution in [0.15, 0.2) is 66.7 Å². The molecule has 0 unspecified atom stereocenters. The summed E-state index contributed by atoms with van der Waals surface area (Å²) in [5.74, 6) is -3.40. The van der Waals surface area contributed by atoms with Crippen LogP contribution in [-0.4, -0.2) is 47.2 Å². The third-order valence-corrected chi connectivity index (χ3v) is 7.80. The maximum atomic E-state index is 14.0. The van der Waals surface area contributed by atoms with Crippen LogP contribution in [0.4, 0.5) is 15.8 Å². The maximum absolute atomic E-state index is 14.0. The molecule has 10 heteroatoms. The van der Waals surface area contributed by atoms with Crippen molar-refractivity contribution in [2.75, 3.05) is 17.2 Å². The Morgan fingerprint density at radius 1 is 1.05 bits per heavy atom. The number of fused-ring (bicyclic) bond motifs is 2. The van der Waals surface area contributed by atoms with Gasteiger partial charge in [0.15, 0.2) is 0 Å². The zero-order valence-electron chi connectivity index (χ0n) is 22.5. The number of benzene rings is 3. The molecule has 0 aromatic heterocycles. The lowest BCUT2D eigenvalue weighted by Gasteiger charge is -2.27. The highest BCUT2D eigenvalue weighted by atomic mass is 19.1. The Balaban J connectivity index is 1.42. The number of para-hydroxylation sites is 2. The third kappa shape index (κ3) is 5.14. The minimum Gasteiger partial charge on any atom is -0.336 e. The van der Waals surface area contributed by atoms with E-state index in [4.69, 9.17) is 0 Å². The Hall–Kier alpha value is -5.04. The van der Waals surface area contributed by atoms with E-state index in [1.54, 1.807) is 50.2 Å². The van der Waals surface area contributed by atoms with Gasteiger partial charge in [-0.15, -0.1) is 0 Å². The van der Waals surface area contributed by atoms with Gasteiger partial charge in [-0.1, -0.05) is 48.5 Å². The number of nitrogens with zero attached hydrogens (tertiary/aromatic N) is 2. The Morgan fingerprint density at radius 2 is 1.73 bits per heavy atom. The molecule has 208 valence electrons. The summed E-state index contributed by atoms with van der Waals surface area (Å²) in [4.78, 5) is 54.4. The summed E-state index contributed by atoms with van der Waals surface area (Å²) in [6.07, 6.45) is 0.0221. The molecule has 0 aliphatic carbocycles. The number of hydrogen-bond donors (Lipinski definition) is 3. The smallest absolute Gasteiger partial charge is 0.313 e. The largest absolute Gasteiger partial charge is 0.336 e. The van der Waals surface area contributed by atoms with Crippen molar-refractivity contribution in [1.82, 2.24) is 10.2 Å². The lowest BCUT2D eigenvalue weighted by molar-refractivity contribution is -0.140. The summed E-state index contributed by atoms with van der Waals surface area (Å²) in [5, 5.41) is 18.0. The number of rotatable bonds is 5. The monoisotopic (exact) mass is 553 g/mol. The highest BCUT2D eigenvalue weighted by Crippen LogP contribution is 2.46. The number of nitrogens with one attached hydrogen (secondary N) is 3. The Labute approximate surface area is 236 Å². The number of carbonyl (C=O) groups is 4. The molecule has 1 fully saturated rings. The lowest BCUT2D eigenvalue weighted by atomic mass is 9.80. The van der Waals surface area contributed by atoms with E-state index in [1.165, 1.54) is 29.2 Å². The van der Waals surface area contributed by atoms with Crippen molar-refractivity contribution in [2.45, 2.75) is 44.2 Å². The fraction of sp³-hybridized carbons (Fsp3) is 0.258. The number of hydrogen-bond acceptors (Lipinski definition) is 5.